The lowest BCUT2D eigenvalue weighted by molar-refractivity contribution is -0.205. The number of thioether (sulfide) groups is 1. The van der Waals surface area contributed by atoms with Crippen molar-refractivity contribution in [2.75, 3.05) is 6.61 Å². The summed E-state index contributed by atoms with van der Waals surface area (Å²) in [5, 5.41) is 52.7. The van der Waals surface area contributed by atoms with Gasteiger partial charge in [0.05, 0.1) is 18.8 Å². The maximum Gasteiger partial charge on any atom is 0.347 e. The van der Waals surface area contributed by atoms with Gasteiger partial charge in [0.2, 0.25) is 10.8 Å². The van der Waals surface area contributed by atoms with Gasteiger partial charge in [-0.15, -0.1) is 0 Å². The molecule has 0 unspecified atom stereocenters. The highest BCUT2D eigenvalue weighted by atomic mass is 32.2. The highest BCUT2D eigenvalue weighted by Crippen LogP contribution is 2.43. The highest BCUT2D eigenvalue weighted by molar-refractivity contribution is 8.01. The zero-order valence-electron chi connectivity index (χ0n) is 16.0. The van der Waals surface area contributed by atoms with Crippen LogP contribution in [0.1, 0.15) is 26.2 Å². The van der Waals surface area contributed by atoms with Gasteiger partial charge in [0.15, 0.2) is 0 Å². The van der Waals surface area contributed by atoms with E-state index < -0.39 is 53.9 Å². The Hall–Kier alpha value is -1.69. The number of ether oxygens (including phenoxy) is 1. The fourth-order valence-electron chi connectivity index (χ4n) is 3.16. The number of rotatable bonds is 9. The fraction of sp³-hybridized carbons (Fsp3) is 0.579. The smallest absolute Gasteiger partial charge is 0.347 e. The van der Waals surface area contributed by atoms with Crippen LogP contribution in [0, 0.1) is 0 Å². The normalized spacial score (nSPS) is 29.1. The summed E-state index contributed by atoms with van der Waals surface area (Å²) in [4.78, 5) is 22.8. The predicted octanol–water partition coefficient (Wildman–Crippen LogP) is -0.292. The van der Waals surface area contributed by atoms with Gasteiger partial charge in [-0.05, 0) is 18.6 Å². The number of aliphatic hydroxyl groups excluding tert-OH is 4. The van der Waals surface area contributed by atoms with Crippen molar-refractivity contribution >= 4 is 23.6 Å². The molecule has 1 heterocycles. The SMILES string of the molecule is CCCC(=O)N[C@H]1[C@H]([C@H](O)[C@H](O)CO)O[C@@](Sc2ccccc2)(C(=O)O)C[C@@H]1O. The van der Waals surface area contributed by atoms with E-state index in [0.29, 0.717) is 11.3 Å². The molecule has 1 saturated heterocycles. The maximum atomic E-state index is 12.1. The van der Waals surface area contributed by atoms with Gasteiger partial charge in [-0.2, -0.15) is 0 Å². The molecular formula is C19H27NO8S. The average molecular weight is 429 g/mol. The van der Waals surface area contributed by atoms with Crippen molar-refractivity contribution in [3.63, 3.8) is 0 Å². The van der Waals surface area contributed by atoms with Gasteiger partial charge in [-0.25, -0.2) is 4.79 Å². The number of benzene rings is 1. The molecule has 2 rings (SSSR count). The summed E-state index contributed by atoms with van der Waals surface area (Å²) < 4.78 is 5.75. The second-order valence-electron chi connectivity index (χ2n) is 6.91. The molecule has 1 fully saturated rings. The average Bonchev–Trinajstić information content (AvgIpc) is 2.69. The lowest BCUT2D eigenvalue weighted by atomic mass is 9.89. The molecule has 6 N–H and O–H groups in total. The summed E-state index contributed by atoms with van der Waals surface area (Å²) in [6.45, 7) is 0.986. The second kappa shape index (κ2) is 10.4. The molecule has 0 radical (unpaired) electrons. The first-order valence-electron chi connectivity index (χ1n) is 9.33. The molecule has 29 heavy (non-hydrogen) atoms. The predicted molar refractivity (Wildman–Crippen MR) is 104 cm³/mol. The Bertz CT molecular complexity index is 690. The number of carbonyl (C=O) groups is 2. The quantitative estimate of drug-likeness (QED) is 0.310. The van der Waals surface area contributed by atoms with Crippen LogP contribution in [0.15, 0.2) is 35.2 Å². The zero-order chi connectivity index (χ0) is 21.6. The van der Waals surface area contributed by atoms with E-state index in [4.69, 9.17) is 4.74 Å². The molecule has 1 amide bonds. The third kappa shape index (κ3) is 5.68. The molecule has 0 aliphatic carbocycles. The van der Waals surface area contributed by atoms with Crippen LogP contribution in [-0.2, 0) is 14.3 Å². The summed E-state index contributed by atoms with van der Waals surface area (Å²) in [6, 6.07) is 7.38. The molecule has 1 aliphatic rings. The topological polar surface area (TPSA) is 157 Å². The van der Waals surface area contributed by atoms with Crippen molar-refractivity contribution in [1.82, 2.24) is 5.32 Å². The zero-order valence-corrected chi connectivity index (χ0v) is 16.8. The molecule has 162 valence electrons. The molecule has 0 spiro atoms. The van der Waals surface area contributed by atoms with Gasteiger partial charge in [0, 0.05) is 17.7 Å². The summed E-state index contributed by atoms with van der Waals surface area (Å²) >= 11 is 0.846. The Morgan fingerprint density at radius 3 is 2.52 bits per heavy atom. The molecule has 1 aromatic carbocycles. The van der Waals surface area contributed by atoms with E-state index in [1.54, 1.807) is 37.3 Å². The van der Waals surface area contributed by atoms with Crippen molar-refractivity contribution in [3.8, 4) is 0 Å². The molecule has 10 heteroatoms. The summed E-state index contributed by atoms with van der Waals surface area (Å²) in [7, 11) is 0. The Morgan fingerprint density at radius 2 is 1.97 bits per heavy atom. The Labute approximate surface area is 172 Å². The third-order valence-electron chi connectivity index (χ3n) is 4.65. The number of hydrogen-bond acceptors (Lipinski definition) is 8. The number of aliphatic carboxylic acids is 1. The lowest BCUT2D eigenvalue weighted by Gasteiger charge is -2.46. The Morgan fingerprint density at radius 1 is 1.31 bits per heavy atom. The maximum absolute atomic E-state index is 12.1. The first kappa shape index (κ1) is 23.6. The molecule has 1 aromatic rings. The molecule has 9 nitrogen and oxygen atoms in total. The number of carbonyl (C=O) groups excluding carboxylic acids is 1. The van der Waals surface area contributed by atoms with Gasteiger partial charge in [0.25, 0.3) is 0 Å². The van der Waals surface area contributed by atoms with Crippen LogP contribution in [0.4, 0.5) is 0 Å². The lowest BCUT2D eigenvalue weighted by Crippen LogP contribution is -2.66. The van der Waals surface area contributed by atoms with Gasteiger partial charge in [-0.3, -0.25) is 4.79 Å². The molecular weight excluding hydrogens is 402 g/mol. The molecule has 0 bridgehead atoms. The van der Waals surface area contributed by atoms with Crippen LogP contribution in [0.2, 0.25) is 0 Å². The van der Waals surface area contributed by atoms with Crippen LogP contribution >= 0.6 is 11.8 Å². The summed E-state index contributed by atoms with van der Waals surface area (Å²) in [5.41, 5.74) is 0. The van der Waals surface area contributed by atoms with Gasteiger partial charge < -0.3 is 35.6 Å². The summed E-state index contributed by atoms with van der Waals surface area (Å²) in [6.07, 6.45) is -5.88. The monoisotopic (exact) mass is 429 g/mol. The number of carboxylic acid groups (broad SMARTS) is 1. The van der Waals surface area contributed by atoms with E-state index in [2.05, 4.69) is 5.32 Å². The van der Waals surface area contributed by atoms with E-state index in [9.17, 15) is 35.1 Å². The van der Waals surface area contributed by atoms with Gasteiger partial charge >= 0.3 is 5.97 Å². The standard InChI is InChI=1S/C19H27NO8S/c1-2-6-14(24)20-15-12(22)9-19(18(26)27,29-11-7-4-3-5-8-11)28-17(15)16(25)13(23)10-21/h3-5,7-8,12-13,15-17,21-23,25H,2,6,9-10H2,1H3,(H,20,24)(H,26,27)/t12-,13+,15+,16+,17+,19-/m0/s1. The Kier molecular flexibility index (Phi) is 8.44. The summed E-state index contributed by atoms with van der Waals surface area (Å²) in [5.74, 6) is -1.78. The van der Waals surface area contributed by atoms with E-state index in [1.165, 1.54) is 0 Å². The molecule has 6 atom stereocenters. The molecule has 0 saturated carbocycles. The van der Waals surface area contributed by atoms with Crippen LogP contribution in [0.5, 0.6) is 0 Å². The van der Waals surface area contributed by atoms with E-state index >= 15 is 0 Å². The number of hydrogen-bond donors (Lipinski definition) is 6. The first-order chi connectivity index (χ1) is 13.7. The van der Waals surface area contributed by atoms with Crippen molar-refractivity contribution < 1.29 is 39.9 Å². The number of aliphatic hydroxyl groups is 4. The van der Waals surface area contributed by atoms with Crippen molar-refractivity contribution in [2.24, 2.45) is 0 Å². The molecule has 0 aromatic heterocycles. The minimum absolute atomic E-state index is 0.164. The van der Waals surface area contributed by atoms with E-state index in [1.807, 2.05) is 0 Å². The fourth-order valence-corrected chi connectivity index (χ4v) is 4.34. The van der Waals surface area contributed by atoms with Gasteiger partial charge in [-0.1, -0.05) is 36.9 Å². The van der Waals surface area contributed by atoms with Gasteiger partial charge in [0.1, 0.15) is 18.3 Å². The van der Waals surface area contributed by atoms with Crippen molar-refractivity contribution in [1.29, 1.82) is 0 Å². The van der Waals surface area contributed by atoms with E-state index in [-0.39, 0.29) is 12.8 Å². The highest BCUT2D eigenvalue weighted by Gasteiger charge is 2.55. The number of amides is 1. The molecule has 1 aliphatic heterocycles. The first-order valence-corrected chi connectivity index (χ1v) is 10.2. The van der Waals surface area contributed by atoms with E-state index in [0.717, 1.165) is 11.8 Å². The largest absolute Gasteiger partial charge is 0.478 e. The number of nitrogens with one attached hydrogen (secondary N) is 1. The minimum Gasteiger partial charge on any atom is -0.478 e. The van der Waals surface area contributed by atoms with Crippen molar-refractivity contribution in [2.45, 2.75) is 66.5 Å². The Balaban J connectivity index is 2.37. The van der Waals surface area contributed by atoms with Crippen molar-refractivity contribution in [3.05, 3.63) is 30.3 Å². The minimum atomic E-state index is -1.96. The van der Waals surface area contributed by atoms with Crippen LogP contribution in [0.3, 0.4) is 0 Å². The van der Waals surface area contributed by atoms with Crippen LogP contribution < -0.4 is 5.32 Å². The third-order valence-corrected chi connectivity index (χ3v) is 5.92. The number of carboxylic acids is 1. The van der Waals surface area contributed by atoms with Crippen LogP contribution in [0.25, 0.3) is 0 Å². The second-order valence-corrected chi connectivity index (χ2v) is 8.25. The van der Waals surface area contributed by atoms with Crippen LogP contribution in [-0.4, -0.2) is 79.4 Å².